The van der Waals surface area contributed by atoms with Gasteiger partial charge >= 0.3 is 0 Å². The molecule has 1 aromatic carbocycles. The second-order valence-electron chi connectivity index (χ2n) is 7.04. The summed E-state index contributed by atoms with van der Waals surface area (Å²) in [4.78, 5) is 12.5. The third-order valence-corrected chi connectivity index (χ3v) is 5.55. The number of amides is 1. The molecule has 128 valence electrons. The van der Waals surface area contributed by atoms with Crippen molar-refractivity contribution in [2.75, 3.05) is 6.54 Å². The molecule has 1 amide bonds. The van der Waals surface area contributed by atoms with E-state index in [0.717, 1.165) is 56.9 Å². The third kappa shape index (κ3) is 3.69. The van der Waals surface area contributed by atoms with E-state index in [9.17, 15) is 9.18 Å². The molecular weight excluding hydrogens is 315 g/mol. The first-order valence-corrected chi connectivity index (χ1v) is 8.37. The van der Waals surface area contributed by atoms with Crippen LogP contribution in [0.15, 0.2) is 24.3 Å². The van der Waals surface area contributed by atoms with Gasteiger partial charge in [0.15, 0.2) is 0 Å². The Balaban J connectivity index is 0.00000192. The summed E-state index contributed by atoms with van der Waals surface area (Å²) in [5, 5.41) is 3.10. The summed E-state index contributed by atoms with van der Waals surface area (Å²) in [5.74, 6) is -0.230. The summed E-state index contributed by atoms with van der Waals surface area (Å²) in [6.45, 7) is 0.608. The van der Waals surface area contributed by atoms with Gasteiger partial charge in [0, 0.05) is 12.0 Å². The van der Waals surface area contributed by atoms with Gasteiger partial charge in [-0.2, -0.15) is 0 Å². The Bertz CT molecular complexity index is 534. The molecule has 0 spiro atoms. The molecule has 2 aliphatic carbocycles. The van der Waals surface area contributed by atoms with Gasteiger partial charge in [0.1, 0.15) is 5.82 Å². The van der Waals surface area contributed by atoms with Gasteiger partial charge in [0.2, 0.25) is 5.91 Å². The topological polar surface area (TPSA) is 55.1 Å². The number of carbonyl (C=O) groups excluding carboxylic acids is 1. The van der Waals surface area contributed by atoms with E-state index in [-0.39, 0.29) is 29.5 Å². The van der Waals surface area contributed by atoms with Crippen molar-refractivity contribution in [3.8, 4) is 0 Å². The molecule has 2 aliphatic rings. The van der Waals surface area contributed by atoms with Crippen molar-refractivity contribution in [1.29, 1.82) is 0 Å². The lowest BCUT2D eigenvalue weighted by molar-refractivity contribution is -0.126. The predicted octanol–water partition coefficient (Wildman–Crippen LogP) is 3.45. The summed E-state index contributed by atoms with van der Waals surface area (Å²) in [5.41, 5.74) is 6.62. The Morgan fingerprint density at radius 1 is 1.04 bits per heavy atom. The zero-order valence-electron chi connectivity index (χ0n) is 13.4. The molecule has 3 rings (SSSR count). The van der Waals surface area contributed by atoms with E-state index in [4.69, 9.17) is 5.73 Å². The van der Waals surface area contributed by atoms with Gasteiger partial charge in [0.05, 0.1) is 5.54 Å². The van der Waals surface area contributed by atoms with Crippen LogP contribution in [0.25, 0.3) is 0 Å². The fourth-order valence-electron chi connectivity index (χ4n) is 4.08. The van der Waals surface area contributed by atoms with Gasteiger partial charge in [0.25, 0.3) is 0 Å². The van der Waals surface area contributed by atoms with Gasteiger partial charge in [-0.15, -0.1) is 12.4 Å². The molecule has 3 N–H and O–H groups in total. The molecule has 2 fully saturated rings. The summed E-state index contributed by atoms with van der Waals surface area (Å²) in [6, 6.07) is 6.75. The smallest absolute Gasteiger partial charge is 0.240 e. The highest BCUT2D eigenvalue weighted by Crippen LogP contribution is 2.41. The van der Waals surface area contributed by atoms with E-state index in [1.54, 1.807) is 0 Å². The van der Waals surface area contributed by atoms with Crippen LogP contribution in [0.3, 0.4) is 0 Å². The maximum atomic E-state index is 13.2. The van der Waals surface area contributed by atoms with Crippen LogP contribution < -0.4 is 11.1 Å². The molecule has 1 aromatic rings. The summed E-state index contributed by atoms with van der Waals surface area (Å²) < 4.78 is 13.2. The van der Waals surface area contributed by atoms with Crippen LogP contribution in [0.2, 0.25) is 0 Å². The van der Waals surface area contributed by atoms with Crippen molar-refractivity contribution in [3.05, 3.63) is 35.6 Å². The van der Waals surface area contributed by atoms with Gasteiger partial charge in [-0.25, -0.2) is 4.39 Å². The van der Waals surface area contributed by atoms with E-state index in [1.165, 1.54) is 12.1 Å². The minimum atomic E-state index is -0.678. The fourth-order valence-corrected chi connectivity index (χ4v) is 4.08. The summed E-state index contributed by atoms with van der Waals surface area (Å²) in [7, 11) is 0. The second kappa shape index (κ2) is 7.18. The number of rotatable bonds is 4. The Morgan fingerprint density at radius 3 is 2.13 bits per heavy atom. The van der Waals surface area contributed by atoms with Crippen LogP contribution in [0.1, 0.15) is 56.9 Å². The lowest BCUT2D eigenvalue weighted by Crippen LogP contribution is -2.54. The van der Waals surface area contributed by atoms with Crippen molar-refractivity contribution >= 4 is 18.3 Å². The molecule has 0 heterocycles. The Kier molecular flexibility index (Phi) is 5.69. The molecule has 2 saturated carbocycles. The van der Waals surface area contributed by atoms with E-state index >= 15 is 0 Å². The van der Waals surface area contributed by atoms with Crippen molar-refractivity contribution < 1.29 is 9.18 Å². The molecule has 3 nitrogen and oxygen atoms in total. The summed E-state index contributed by atoms with van der Waals surface area (Å²) >= 11 is 0. The predicted molar refractivity (Wildman–Crippen MR) is 92.2 cm³/mol. The number of nitrogens with two attached hydrogens (primary N) is 1. The molecule has 0 atom stereocenters. The molecule has 0 aliphatic heterocycles. The lowest BCUT2D eigenvalue weighted by Gasteiger charge is -2.32. The lowest BCUT2D eigenvalue weighted by atomic mass is 9.78. The quantitative estimate of drug-likeness (QED) is 0.882. The largest absolute Gasteiger partial charge is 0.354 e. The van der Waals surface area contributed by atoms with Crippen LogP contribution in [0.4, 0.5) is 4.39 Å². The van der Waals surface area contributed by atoms with E-state index < -0.39 is 5.54 Å². The molecule has 0 bridgehead atoms. The third-order valence-electron chi connectivity index (χ3n) is 5.55. The summed E-state index contributed by atoms with van der Waals surface area (Å²) in [6.07, 6.45) is 8.01. The van der Waals surface area contributed by atoms with E-state index in [2.05, 4.69) is 5.32 Å². The second-order valence-corrected chi connectivity index (χ2v) is 7.04. The first-order chi connectivity index (χ1) is 10.5. The number of nitrogens with one attached hydrogen (secondary N) is 1. The number of hydrogen-bond donors (Lipinski definition) is 2. The molecule has 5 heteroatoms. The van der Waals surface area contributed by atoms with Gasteiger partial charge in [-0.05, 0) is 43.4 Å². The van der Waals surface area contributed by atoms with E-state index in [0.29, 0.717) is 6.54 Å². The maximum absolute atomic E-state index is 13.2. The average molecular weight is 341 g/mol. The highest BCUT2D eigenvalue weighted by molar-refractivity contribution is 5.86. The fraction of sp³-hybridized carbons (Fsp3) is 0.611. The van der Waals surface area contributed by atoms with Crippen LogP contribution >= 0.6 is 12.4 Å². The Labute approximate surface area is 143 Å². The maximum Gasteiger partial charge on any atom is 0.240 e. The van der Waals surface area contributed by atoms with Crippen molar-refractivity contribution in [3.63, 3.8) is 0 Å². The van der Waals surface area contributed by atoms with Crippen molar-refractivity contribution in [1.82, 2.24) is 5.32 Å². The zero-order chi connectivity index (χ0) is 15.6. The average Bonchev–Trinajstić information content (AvgIpc) is 3.16. The van der Waals surface area contributed by atoms with Crippen LogP contribution in [0.5, 0.6) is 0 Å². The highest BCUT2D eigenvalue weighted by Gasteiger charge is 2.40. The monoisotopic (exact) mass is 340 g/mol. The molecule has 0 radical (unpaired) electrons. The van der Waals surface area contributed by atoms with Crippen LogP contribution in [-0.4, -0.2) is 18.0 Å². The molecule has 0 aromatic heterocycles. The normalized spacial score (nSPS) is 21.7. The van der Waals surface area contributed by atoms with Crippen LogP contribution in [0, 0.1) is 5.82 Å². The minimum absolute atomic E-state index is 0. The highest BCUT2D eigenvalue weighted by atomic mass is 35.5. The van der Waals surface area contributed by atoms with Gasteiger partial charge in [-0.1, -0.05) is 37.8 Å². The van der Waals surface area contributed by atoms with Gasteiger partial charge in [-0.3, -0.25) is 4.79 Å². The van der Waals surface area contributed by atoms with Crippen LogP contribution in [-0.2, 0) is 10.2 Å². The van der Waals surface area contributed by atoms with Crippen molar-refractivity contribution in [2.45, 2.75) is 62.3 Å². The molecule has 23 heavy (non-hydrogen) atoms. The number of hydrogen-bond acceptors (Lipinski definition) is 2. The number of carbonyl (C=O) groups is 1. The first kappa shape index (κ1) is 18.2. The number of halogens is 2. The zero-order valence-corrected chi connectivity index (χ0v) is 14.3. The standard InChI is InChI=1S/C18H25FN2O.ClH/c19-15-7-5-14(6-8-15)17(9-1-2-10-17)13-21-16(22)18(20)11-3-4-12-18;/h5-8H,1-4,9-13,20H2,(H,21,22);1H. The number of benzene rings is 1. The van der Waals surface area contributed by atoms with Gasteiger partial charge < -0.3 is 11.1 Å². The molecule has 0 unspecified atom stereocenters. The Hall–Kier alpha value is -1.13. The molecular formula is C18H26ClFN2O. The van der Waals surface area contributed by atoms with Crippen molar-refractivity contribution in [2.24, 2.45) is 5.73 Å². The first-order valence-electron chi connectivity index (χ1n) is 8.37. The van der Waals surface area contributed by atoms with E-state index in [1.807, 2.05) is 12.1 Å². The Morgan fingerprint density at radius 2 is 1.57 bits per heavy atom. The molecule has 0 saturated heterocycles. The minimum Gasteiger partial charge on any atom is -0.354 e. The SMILES string of the molecule is Cl.NC1(C(=O)NCC2(c3ccc(F)cc3)CCCC2)CCCC1.